The molecule has 0 aliphatic carbocycles. The lowest BCUT2D eigenvalue weighted by Crippen LogP contribution is -2.44. The number of benzene rings is 1. The molecule has 7 heteroatoms. The summed E-state index contributed by atoms with van der Waals surface area (Å²) in [6.45, 7) is 4.66. The fraction of sp³-hybridized carbons (Fsp3) is 0.550. The summed E-state index contributed by atoms with van der Waals surface area (Å²) in [7, 11) is 0. The van der Waals surface area contributed by atoms with Gasteiger partial charge in [-0.05, 0) is 50.3 Å². The molecule has 6 nitrogen and oxygen atoms in total. The normalized spacial score (nSPS) is 17.9. The van der Waals surface area contributed by atoms with Crippen molar-refractivity contribution in [3.05, 3.63) is 28.8 Å². The van der Waals surface area contributed by atoms with E-state index < -0.39 is 0 Å². The molecule has 2 aliphatic heterocycles. The van der Waals surface area contributed by atoms with Crippen LogP contribution in [0.4, 0.5) is 5.69 Å². The minimum Gasteiger partial charge on any atom is -0.342 e. The van der Waals surface area contributed by atoms with Crippen LogP contribution in [-0.4, -0.2) is 53.7 Å². The highest BCUT2D eigenvalue weighted by molar-refractivity contribution is 6.31. The van der Waals surface area contributed by atoms with Gasteiger partial charge in [-0.3, -0.25) is 14.4 Å². The Kier molecular flexibility index (Phi) is 6.37. The van der Waals surface area contributed by atoms with Gasteiger partial charge in [0.1, 0.15) is 6.42 Å². The third-order valence-corrected chi connectivity index (χ3v) is 5.64. The largest absolute Gasteiger partial charge is 0.342 e. The van der Waals surface area contributed by atoms with Gasteiger partial charge in [0.2, 0.25) is 17.7 Å². The van der Waals surface area contributed by atoms with E-state index in [1.54, 1.807) is 17.0 Å². The van der Waals surface area contributed by atoms with E-state index in [4.69, 9.17) is 11.6 Å². The summed E-state index contributed by atoms with van der Waals surface area (Å²) in [4.78, 5) is 40.7. The van der Waals surface area contributed by atoms with Gasteiger partial charge in [-0.1, -0.05) is 17.7 Å². The van der Waals surface area contributed by atoms with Crippen molar-refractivity contribution in [3.8, 4) is 0 Å². The van der Waals surface area contributed by atoms with E-state index in [-0.39, 0.29) is 30.1 Å². The maximum absolute atomic E-state index is 12.5. The van der Waals surface area contributed by atoms with E-state index in [0.717, 1.165) is 31.5 Å². The molecule has 0 bridgehead atoms. The highest BCUT2D eigenvalue weighted by Crippen LogP contribution is 2.23. The van der Waals surface area contributed by atoms with Crippen molar-refractivity contribution in [2.45, 2.75) is 39.0 Å². The molecule has 2 heterocycles. The van der Waals surface area contributed by atoms with Crippen LogP contribution < -0.4 is 5.32 Å². The Morgan fingerprint density at radius 3 is 2.41 bits per heavy atom. The topological polar surface area (TPSA) is 69.7 Å². The number of rotatable bonds is 4. The molecule has 146 valence electrons. The van der Waals surface area contributed by atoms with Gasteiger partial charge in [0.25, 0.3) is 0 Å². The molecule has 1 aromatic rings. The SMILES string of the molecule is Cc1ccc(Cl)cc1NC(=O)CC(=O)N1CCC(C(=O)N2CCCC2)CC1. The number of carbonyl (C=O) groups excluding carboxylic acids is 3. The Balaban J connectivity index is 1.47. The molecular formula is C20H26ClN3O3. The molecule has 0 radical (unpaired) electrons. The summed E-state index contributed by atoms with van der Waals surface area (Å²) in [5.74, 6) is -0.302. The number of anilines is 1. The predicted octanol–water partition coefficient (Wildman–Crippen LogP) is 2.84. The quantitative estimate of drug-likeness (QED) is 0.802. The molecule has 1 N–H and O–H groups in total. The molecule has 27 heavy (non-hydrogen) atoms. The van der Waals surface area contributed by atoms with Crippen molar-refractivity contribution in [2.75, 3.05) is 31.5 Å². The van der Waals surface area contributed by atoms with Crippen LogP contribution in [-0.2, 0) is 14.4 Å². The number of hydrogen-bond donors (Lipinski definition) is 1. The first-order valence-corrected chi connectivity index (χ1v) is 9.94. The van der Waals surface area contributed by atoms with Crippen molar-refractivity contribution in [3.63, 3.8) is 0 Å². The Labute approximate surface area is 164 Å². The molecular weight excluding hydrogens is 366 g/mol. The summed E-state index contributed by atoms with van der Waals surface area (Å²) in [6, 6.07) is 5.25. The van der Waals surface area contributed by atoms with Crippen LogP contribution >= 0.6 is 11.6 Å². The monoisotopic (exact) mass is 391 g/mol. The van der Waals surface area contributed by atoms with Gasteiger partial charge in [-0.2, -0.15) is 0 Å². The molecule has 0 saturated carbocycles. The van der Waals surface area contributed by atoms with E-state index in [2.05, 4.69) is 5.32 Å². The number of amides is 3. The summed E-state index contributed by atoms with van der Waals surface area (Å²) in [6.07, 6.45) is 3.33. The van der Waals surface area contributed by atoms with Crippen molar-refractivity contribution in [1.29, 1.82) is 0 Å². The lowest BCUT2D eigenvalue weighted by atomic mass is 9.95. The van der Waals surface area contributed by atoms with Gasteiger partial charge in [-0.15, -0.1) is 0 Å². The molecule has 0 atom stereocenters. The Hall–Kier alpha value is -2.08. The summed E-state index contributed by atoms with van der Waals surface area (Å²) in [5, 5.41) is 3.29. The smallest absolute Gasteiger partial charge is 0.233 e. The van der Waals surface area contributed by atoms with Gasteiger partial charge in [0.15, 0.2) is 0 Å². The fourth-order valence-corrected chi connectivity index (χ4v) is 3.92. The van der Waals surface area contributed by atoms with E-state index in [9.17, 15) is 14.4 Å². The highest BCUT2D eigenvalue weighted by Gasteiger charge is 2.31. The number of aryl methyl sites for hydroxylation is 1. The fourth-order valence-electron chi connectivity index (χ4n) is 3.74. The molecule has 0 aromatic heterocycles. The number of nitrogens with one attached hydrogen (secondary N) is 1. The summed E-state index contributed by atoms with van der Waals surface area (Å²) >= 11 is 5.96. The van der Waals surface area contributed by atoms with E-state index in [1.165, 1.54) is 0 Å². The van der Waals surface area contributed by atoms with Crippen LogP contribution in [0.25, 0.3) is 0 Å². The van der Waals surface area contributed by atoms with E-state index >= 15 is 0 Å². The van der Waals surface area contributed by atoms with Crippen molar-refractivity contribution in [1.82, 2.24) is 9.80 Å². The molecule has 2 fully saturated rings. The van der Waals surface area contributed by atoms with Crippen LogP contribution in [0.3, 0.4) is 0 Å². The number of hydrogen-bond acceptors (Lipinski definition) is 3. The summed E-state index contributed by atoms with van der Waals surface area (Å²) < 4.78 is 0. The zero-order valence-corrected chi connectivity index (χ0v) is 16.4. The molecule has 0 unspecified atom stereocenters. The van der Waals surface area contributed by atoms with Crippen molar-refractivity contribution < 1.29 is 14.4 Å². The standard InChI is InChI=1S/C20H26ClN3O3/c1-14-4-5-16(21)12-17(14)22-18(25)13-19(26)23-10-6-15(7-11-23)20(27)24-8-2-3-9-24/h4-5,12,15H,2-3,6-11,13H2,1H3,(H,22,25). The number of piperidine rings is 1. The van der Waals surface area contributed by atoms with Crippen LogP contribution in [0.1, 0.15) is 37.7 Å². The number of nitrogens with zero attached hydrogens (tertiary/aromatic N) is 2. The van der Waals surface area contributed by atoms with E-state index in [1.807, 2.05) is 17.9 Å². The van der Waals surface area contributed by atoms with Crippen LogP contribution in [0.2, 0.25) is 5.02 Å². The van der Waals surface area contributed by atoms with Gasteiger partial charge in [0.05, 0.1) is 0 Å². The van der Waals surface area contributed by atoms with E-state index in [0.29, 0.717) is 36.6 Å². The molecule has 3 amide bonds. The minimum atomic E-state index is -0.347. The van der Waals surface area contributed by atoms with Gasteiger partial charge < -0.3 is 15.1 Å². The molecule has 3 rings (SSSR count). The van der Waals surface area contributed by atoms with Crippen LogP contribution in [0, 0.1) is 12.8 Å². The maximum Gasteiger partial charge on any atom is 0.233 e. The predicted molar refractivity (Wildman–Crippen MR) is 105 cm³/mol. The highest BCUT2D eigenvalue weighted by atomic mass is 35.5. The lowest BCUT2D eigenvalue weighted by Gasteiger charge is -2.33. The molecule has 2 aliphatic rings. The van der Waals surface area contributed by atoms with Crippen molar-refractivity contribution >= 4 is 35.0 Å². The second kappa shape index (κ2) is 8.74. The van der Waals surface area contributed by atoms with Gasteiger partial charge in [0, 0.05) is 42.8 Å². The van der Waals surface area contributed by atoms with Gasteiger partial charge in [-0.25, -0.2) is 0 Å². The second-order valence-electron chi connectivity index (χ2n) is 7.37. The lowest BCUT2D eigenvalue weighted by molar-refractivity contribution is -0.141. The third-order valence-electron chi connectivity index (χ3n) is 5.40. The number of halogens is 1. The second-order valence-corrected chi connectivity index (χ2v) is 7.81. The van der Waals surface area contributed by atoms with Gasteiger partial charge >= 0.3 is 0 Å². The number of likely N-dealkylation sites (tertiary alicyclic amines) is 2. The van der Waals surface area contributed by atoms with Crippen LogP contribution in [0.5, 0.6) is 0 Å². The number of carbonyl (C=O) groups is 3. The summed E-state index contributed by atoms with van der Waals surface area (Å²) in [5.41, 5.74) is 1.51. The molecule has 1 aromatic carbocycles. The Morgan fingerprint density at radius 2 is 1.74 bits per heavy atom. The molecule has 0 spiro atoms. The maximum atomic E-state index is 12.5. The Morgan fingerprint density at radius 1 is 1.07 bits per heavy atom. The first-order valence-electron chi connectivity index (χ1n) is 9.56. The zero-order chi connectivity index (χ0) is 19.4. The minimum absolute atomic E-state index is 0.00934. The average Bonchev–Trinajstić information content (AvgIpc) is 3.19. The first-order chi connectivity index (χ1) is 12.9. The average molecular weight is 392 g/mol. The Bertz CT molecular complexity index is 723. The first kappa shape index (κ1) is 19.7. The zero-order valence-electron chi connectivity index (χ0n) is 15.7. The van der Waals surface area contributed by atoms with Crippen molar-refractivity contribution in [2.24, 2.45) is 5.92 Å². The van der Waals surface area contributed by atoms with Crippen LogP contribution in [0.15, 0.2) is 18.2 Å². The molecule has 2 saturated heterocycles. The third kappa shape index (κ3) is 5.01.